The summed E-state index contributed by atoms with van der Waals surface area (Å²) in [6, 6.07) is 9.96. The Morgan fingerprint density at radius 3 is 2.33 bits per heavy atom. The highest BCUT2D eigenvalue weighted by atomic mass is 32.2. The number of nitrogens with two attached hydrogens (primary N) is 1. The Balaban J connectivity index is 2.29. The van der Waals surface area contributed by atoms with Gasteiger partial charge in [-0.05, 0) is 36.8 Å². The van der Waals surface area contributed by atoms with Gasteiger partial charge in [0, 0.05) is 5.56 Å². The number of anilines is 1. The summed E-state index contributed by atoms with van der Waals surface area (Å²) in [5.74, 6) is -0.473. The molecule has 0 aliphatic carbocycles. The van der Waals surface area contributed by atoms with Crippen LogP contribution in [0.2, 0.25) is 0 Å². The Morgan fingerprint density at radius 1 is 1.19 bits per heavy atom. The zero-order valence-corrected chi connectivity index (χ0v) is 12.8. The Morgan fingerprint density at radius 2 is 1.81 bits per heavy atom. The minimum absolute atomic E-state index is 0.0449. The molecular formula is C14H13FN2O2S2. The first-order valence-corrected chi connectivity index (χ1v) is 7.87. The number of sulfonamides is 1. The molecule has 0 amide bonds. The fourth-order valence-corrected chi connectivity index (χ4v) is 2.85. The Hall–Kier alpha value is -1.99. The normalized spacial score (nSPS) is 11.1. The van der Waals surface area contributed by atoms with Crippen LogP contribution in [0.1, 0.15) is 11.1 Å². The van der Waals surface area contributed by atoms with Crippen molar-refractivity contribution in [2.24, 2.45) is 5.73 Å². The van der Waals surface area contributed by atoms with Crippen molar-refractivity contribution in [2.45, 2.75) is 11.8 Å². The molecule has 2 rings (SSSR count). The lowest BCUT2D eigenvalue weighted by molar-refractivity contribution is 0.601. The van der Waals surface area contributed by atoms with Crippen LogP contribution in [0, 0.1) is 12.7 Å². The highest BCUT2D eigenvalue weighted by Crippen LogP contribution is 2.19. The summed E-state index contributed by atoms with van der Waals surface area (Å²) in [6.07, 6.45) is 0. The predicted octanol–water partition coefficient (Wildman–Crippen LogP) is 2.57. The molecule has 3 N–H and O–H groups in total. The minimum atomic E-state index is -3.79. The van der Waals surface area contributed by atoms with E-state index in [4.69, 9.17) is 18.0 Å². The molecule has 0 fully saturated rings. The Kier molecular flexibility index (Phi) is 4.24. The van der Waals surface area contributed by atoms with E-state index in [0.29, 0.717) is 11.1 Å². The molecule has 4 nitrogen and oxygen atoms in total. The molecule has 21 heavy (non-hydrogen) atoms. The highest BCUT2D eigenvalue weighted by Gasteiger charge is 2.15. The van der Waals surface area contributed by atoms with Crippen molar-refractivity contribution >= 4 is 32.9 Å². The zero-order chi connectivity index (χ0) is 15.6. The van der Waals surface area contributed by atoms with Crippen molar-refractivity contribution in [3.63, 3.8) is 0 Å². The van der Waals surface area contributed by atoms with Gasteiger partial charge < -0.3 is 5.73 Å². The van der Waals surface area contributed by atoms with E-state index in [1.165, 1.54) is 36.4 Å². The first-order chi connectivity index (χ1) is 9.79. The lowest BCUT2D eigenvalue weighted by atomic mass is 10.2. The third-order valence-electron chi connectivity index (χ3n) is 2.87. The van der Waals surface area contributed by atoms with Gasteiger partial charge in [-0.3, -0.25) is 4.72 Å². The number of thiocarbonyl (C=S) groups is 1. The molecule has 7 heteroatoms. The summed E-state index contributed by atoms with van der Waals surface area (Å²) in [7, 11) is -3.79. The van der Waals surface area contributed by atoms with Crippen molar-refractivity contribution in [1.82, 2.24) is 0 Å². The number of hydrogen-bond donors (Lipinski definition) is 2. The van der Waals surface area contributed by atoms with Crippen LogP contribution in [0.15, 0.2) is 47.4 Å². The zero-order valence-electron chi connectivity index (χ0n) is 11.1. The molecule has 0 spiro atoms. The molecule has 0 aromatic heterocycles. The molecule has 0 saturated heterocycles. The van der Waals surface area contributed by atoms with E-state index in [0.717, 1.165) is 6.07 Å². The van der Waals surface area contributed by atoms with Crippen molar-refractivity contribution in [2.75, 3.05) is 4.72 Å². The molecule has 2 aromatic rings. The van der Waals surface area contributed by atoms with Crippen LogP contribution >= 0.6 is 12.2 Å². The van der Waals surface area contributed by atoms with E-state index < -0.39 is 15.8 Å². The van der Waals surface area contributed by atoms with Crippen molar-refractivity contribution in [3.8, 4) is 0 Å². The summed E-state index contributed by atoms with van der Waals surface area (Å²) in [4.78, 5) is 0.232. The maximum Gasteiger partial charge on any atom is 0.261 e. The maximum atomic E-state index is 13.4. The molecule has 0 aliphatic rings. The van der Waals surface area contributed by atoms with E-state index in [1.54, 1.807) is 6.92 Å². The number of rotatable bonds is 4. The summed E-state index contributed by atoms with van der Waals surface area (Å²) < 4.78 is 40.1. The lowest BCUT2D eigenvalue weighted by Gasteiger charge is -2.09. The SMILES string of the molecule is Cc1ccc(NS(=O)(=O)c2ccc(C(N)=S)cc2)cc1F. The highest BCUT2D eigenvalue weighted by molar-refractivity contribution is 7.92. The first-order valence-electron chi connectivity index (χ1n) is 5.98. The molecule has 0 aliphatic heterocycles. The average Bonchev–Trinajstić information content (AvgIpc) is 2.43. The van der Waals surface area contributed by atoms with E-state index in [9.17, 15) is 12.8 Å². The second-order valence-corrected chi connectivity index (χ2v) is 6.58. The van der Waals surface area contributed by atoms with Crippen LogP contribution in [0.3, 0.4) is 0 Å². The lowest BCUT2D eigenvalue weighted by Crippen LogP contribution is -2.14. The van der Waals surface area contributed by atoms with Crippen molar-refractivity contribution in [1.29, 1.82) is 0 Å². The maximum absolute atomic E-state index is 13.4. The summed E-state index contributed by atoms with van der Waals surface area (Å²) in [5, 5.41) is 0. The third-order valence-corrected chi connectivity index (χ3v) is 4.51. The summed E-state index contributed by atoms with van der Waals surface area (Å²) in [5.41, 5.74) is 6.63. The molecule has 0 saturated carbocycles. The fraction of sp³-hybridized carbons (Fsp3) is 0.0714. The summed E-state index contributed by atoms with van der Waals surface area (Å²) >= 11 is 4.80. The molecule has 0 unspecified atom stereocenters. The van der Waals surface area contributed by atoms with Gasteiger partial charge in [-0.15, -0.1) is 0 Å². The van der Waals surface area contributed by atoms with E-state index in [-0.39, 0.29) is 15.6 Å². The van der Waals surface area contributed by atoms with Gasteiger partial charge >= 0.3 is 0 Å². The minimum Gasteiger partial charge on any atom is -0.389 e. The number of nitrogens with one attached hydrogen (secondary N) is 1. The van der Waals surface area contributed by atoms with Gasteiger partial charge in [0.1, 0.15) is 10.8 Å². The molecule has 2 aromatic carbocycles. The number of benzene rings is 2. The van der Waals surface area contributed by atoms with Crippen LogP contribution in [-0.2, 0) is 10.0 Å². The summed E-state index contributed by atoms with van der Waals surface area (Å²) in [6.45, 7) is 1.60. The third kappa shape index (κ3) is 3.56. The Bertz CT molecular complexity index is 787. The van der Waals surface area contributed by atoms with Gasteiger partial charge in [-0.2, -0.15) is 0 Å². The number of hydrogen-bond acceptors (Lipinski definition) is 3. The molecule has 0 bridgehead atoms. The van der Waals surface area contributed by atoms with Gasteiger partial charge in [0.15, 0.2) is 0 Å². The first kappa shape index (κ1) is 15.4. The second-order valence-electron chi connectivity index (χ2n) is 4.46. The molecule has 110 valence electrons. The fourth-order valence-electron chi connectivity index (χ4n) is 1.67. The van der Waals surface area contributed by atoms with Crippen LogP contribution in [0.5, 0.6) is 0 Å². The van der Waals surface area contributed by atoms with Crippen molar-refractivity contribution < 1.29 is 12.8 Å². The van der Waals surface area contributed by atoms with Gasteiger partial charge in [-0.1, -0.05) is 30.4 Å². The Labute approximate surface area is 127 Å². The largest absolute Gasteiger partial charge is 0.389 e. The topological polar surface area (TPSA) is 72.2 Å². The van der Waals surface area contributed by atoms with Crippen LogP contribution < -0.4 is 10.5 Å². The van der Waals surface area contributed by atoms with E-state index in [2.05, 4.69) is 4.72 Å². The number of aryl methyl sites for hydroxylation is 1. The predicted molar refractivity (Wildman–Crippen MR) is 84.3 cm³/mol. The molecule has 0 heterocycles. The average molecular weight is 324 g/mol. The van der Waals surface area contributed by atoms with Gasteiger partial charge in [0.25, 0.3) is 10.0 Å². The monoisotopic (exact) mass is 324 g/mol. The van der Waals surface area contributed by atoms with Crippen molar-refractivity contribution in [3.05, 3.63) is 59.4 Å². The molecule has 0 radical (unpaired) electrons. The quantitative estimate of drug-likeness (QED) is 0.848. The van der Waals surface area contributed by atoms with E-state index >= 15 is 0 Å². The second kappa shape index (κ2) is 5.79. The standard InChI is InChI=1S/C14H13FN2O2S2/c1-9-2-5-11(8-13(9)15)17-21(18,19)12-6-3-10(4-7-12)14(16)20/h2-8,17H,1H3,(H2,16,20). The molecular weight excluding hydrogens is 311 g/mol. The smallest absolute Gasteiger partial charge is 0.261 e. The van der Waals surface area contributed by atoms with Crippen LogP contribution in [0.25, 0.3) is 0 Å². The van der Waals surface area contributed by atoms with E-state index in [1.807, 2.05) is 0 Å². The molecule has 0 atom stereocenters. The van der Waals surface area contributed by atoms with Gasteiger partial charge in [0.2, 0.25) is 0 Å². The van der Waals surface area contributed by atoms with Gasteiger partial charge in [-0.25, -0.2) is 12.8 Å². The van der Waals surface area contributed by atoms with Crippen LogP contribution in [-0.4, -0.2) is 13.4 Å². The van der Waals surface area contributed by atoms with Crippen LogP contribution in [0.4, 0.5) is 10.1 Å². The van der Waals surface area contributed by atoms with Gasteiger partial charge in [0.05, 0.1) is 10.6 Å². The number of halogens is 1.